The quantitative estimate of drug-likeness (QED) is 0.925. The molecule has 6 nitrogen and oxygen atoms in total. The minimum absolute atomic E-state index is 0.210. The van der Waals surface area contributed by atoms with Gasteiger partial charge in [0.15, 0.2) is 5.82 Å². The lowest BCUT2D eigenvalue weighted by Gasteiger charge is -2.11. The van der Waals surface area contributed by atoms with Crippen molar-refractivity contribution in [3.8, 4) is 5.75 Å². The molecule has 0 saturated carbocycles. The van der Waals surface area contributed by atoms with Crippen LogP contribution in [0.2, 0.25) is 0 Å². The normalized spacial score (nSPS) is 12.0. The van der Waals surface area contributed by atoms with Crippen LogP contribution in [0.25, 0.3) is 0 Å². The number of hydrogen-bond donors (Lipinski definition) is 1. The van der Waals surface area contributed by atoms with E-state index in [2.05, 4.69) is 15.5 Å². The number of benzene rings is 1. The van der Waals surface area contributed by atoms with Gasteiger partial charge in [-0.2, -0.15) is 4.98 Å². The molecule has 20 heavy (non-hydrogen) atoms. The molecule has 0 aliphatic rings. The lowest BCUT2D eigenvalue weighted by atomic mass is 10.1. The van der Waals surface area contributed by atoms with Gasteiger partial charge < -0.3 is 14.6 Å². The molecule has 1 aromatic heterocycles. The Morgan fingerprint density at radius 3 is 2.75 bits per heavy atom. The predicted octanol–water partition coefficient (Wildman–Crippen LogP) is 2.19. The third kappa shape index (κ3) is 2.96. The molecule has 2 aromatic rings. The van der Waals surface area contributed by atoms with Crippen LogP contribution in [0.3, 0.4) is 0 Å². The third-order valence-corrected chi connectivity index (χ3v) is 2.95. The molecule has 106 valence electrons. The summed E-state index contributed by atoms with van der Waals surface area (Å²) in [5.41, 5.74) is 1.51. The monoisotopic (exact) mass is 275 g/mol. The number of amides is 1. The first-order chi connectivity index (χ1) is 9.51. The van der Waals surface area contributed by atoms with Crippen LogP contribution in [-0.2, 0) is 0 Å². The number of rotatable bonds is 4. The van der Waals surface area contributed by atoms with Crippen molar-refractivity contribution in [3.63, 3.8) is 0 Å². The maximum atomic E-state index is 12.2. The van der Waals surface area contributed by atoms with Gasteiger partial charge in [0.1, 0.15) is 5.75 Å². The zero-order chi connectivity index (χ0) is 14.7. The molecule has 0 aliphatic carbocycles. The van der Waals surface area contributed by atoms with Crippen molar-refractivity contribution in [2.75, 3.05) is 7.11 Å². The van der Waals surface area contributed by atoms with Gasteiger partial charge in [-0.3, -0.25) is 4.79 Å². The Kier molecular flexibility index (Phi) is 4.02. The summed E-state index contributed by atoms with van der Waals surface area (Å²) in [6.07, 6.45) is 0. The first-order valence-corrected chi connectivity index (χ1v) is 6.27. The summed E-state index contributed by atoms with van der Waals surface area (Å²) in [4.78, 5) is 16.2. The maximum Gasteiger partial charge on any atom is 0.251 e. The van der Waals surface area contributed by atoms with Gasteiger partial charge in [0.25, 0.3) is 5.91 Å². The molecule has 6 heteroatoms. The van der Waals surface area contributed by atoms with E-state index in [1.807, 2.05) is 13.0 Å². The van der Waals surface area contributed by atoms with Crippen molar-refractivity contribution in [2.45, 2.75) is 26.8 Å². The number of methoxy groups -OCH3 is 1. The van der Waals surface area contributed by atoms with Crippen molar-refractivity contribution in [1.29, 1.82) is 0 Å². The van der Waals surface area contributed by atoms with Gasteiger partial charge in [0.05, 0.1) is 13.2 Å². The number of hydrogen-bond acceptors (Lipinski definition) is 5. The maximum absolute atomic E-state index is 12.2. The topological polar surface area (TPSA) is 77.2 Å². The van der Waals surface area contributed by atoms with Crippen LogP contribution in [0.1, 0.15) is 40.6 Å². The van der Waals surface area contributed by atoms with Gasteiger partial charge >= 0.3 is 0 Å². The van der Waals surface area contributed by atoms with E-state index in [-0.39, 0.29) is 11.9 Å². The number of aromatic nitrogens is 2. The predicted molar refractivity (Wildman–Crippen MR) is 72.6 cm³/mol. The third-order valence-electron chi connectivity index (χ3n) is 2.95. The molecule has 0 saturated heterocycles. The van der Waals surface area contributed by atoms with Crippen LogP contribution in [0.4, 0.5) is 0 Å². The largest absolute Gasteiger partial charge is 0.496 e. The van der Waals surface area contributed by atoms with Gasteiger partial charge in [-0.15, -0.1) is 0 Å². The Morgan fingerprint density at radius 2 is 2.15 bits per heavy atom. The van der Waals surface area contributed by atoms with Crippen molar-refractivity contribution in [2.24, 2.45) is 0 Å². The fraction of sp³-hybridized carbons (Fsp3) is 0.357. The second kappa shape index (κ2) is 5.73. The van der Waals surface area contributed by atoms with Crippen LogP contribution in [0.5, 0.6) is 5.75 Å². The minimum Gasteiger partial charge on any atom is -0.496 e. The van der Waals surface area contributed by atoms with E-state index in [0.717, 1.165) is 5.56 Å². The summed E-state index contributed by atoms with van der Waals surface area (Å²) in [6.45, 7) is 5.43. The molecule has 1 amide bonds. The van der Waals surface area contributed by atoms with Crippen LogP contribution in [0.15, 0.2) is 22.7 Å². The Morgan fingerprint density at radius 1 is 1.40 bits per heavy atom. The van der Waals surface area contributed by atoms with Gasteiger partial charge in [-0.25, -0.2) is 0 Å². The summed E-state index contributed by atoms with van der Waals surface area (Å²) in [5, 5.41) is 6.60. The van der Waals surface area contributed by atoms with Gasteiger partial charge in [-0.05, 0) is 31.5 Å². The van der Waals surface area contributed by atoms with Crippen LogP contribution >= 0.6 is 0 Å². The zero-order valence-electron chi connectivity index (χ0n) is 11.9. The molecule has 1 unspecified atom stereocenters. The molecule has 1 heterocycles. The van der Waals surface area contributed by atoms with Crippen molar-refractivity contribution in [3.05, 3.63) is 41.0 Å². The summed E-state index contributed by atoms with van der Waals surface area (Å²) in [5.74, 6) is 1.40. The highest BCUT2D eigenvalue weighted by molar-refractivity contribution is 5.94. The molecule has 2 rings (SSSR count). The van der Waals surface area contributed by atoms with Crippen molar-refractivity contribution < 1.29 is 14.1 Å². The van der Waals surface area contributed by atoms with E-state index >= 15 is 0 Å². The number of carbonyl (C=O) groups excluding carboxylic acids is 1. The van der Waals surface area contributed by atoms with E-state index < -0.39 is 0 Å². The first-order valence-electron chi connectivity index (χ1n) is 6.27. The van der Waals surface area contributed by atoms with Crippen LogP contribution in [-0.4, -0.2) is 23.2 Å². The molecule has 1 N–H and O–H groups in total. The second-order valence-corrected chi connectivity index (χ2v) is 4.55. The summed E-state index contributed by atoms with van der Waals surface area (Å²) in [7, 11) is 1.58. The molecule has 1 atom stereocenters. The number of nitrogens with zero attached hydrogens (tertiary/aromatic N) is 2. The van der Waals surface area contributed by atoms with Gasteiger partial charge in [-0.1, -0.05) is 11.2 Å². The summed E-state index contributed by atoms with van der Waals surface area (Å²) >= 11 is 0. The standard InChI is InChI=1S/C14H17N3O3/c1-8-5-6-11(7-12(8)19-4)14(18)15-9(2)13-16-10(3)20-17-13/h5-7,9H,1-4H3,(H,15,18). The summed E-state index contributed by atoms with van der Waals surface area (Å²) < 4.78 is 10.1. The summed E-state index contributed by atoms with van der Waals surface area (Å²) in [6, 6.07) is 4.98. The average molecular weight is 275 g/mol. The van der Waals surface area contributed by atoms with E-state index in [9.17, 15) is 4.79 Å². The SMILES string of the molecule is COc1cc(C(=O)NC(C)c2noc(C)n2)ccc1C. The molecule has 0 spiro atoms. The second-order valence-electron chi connectivity index (χ2n) is 4.55. The molecule has 0 fully saturated rings. The Hall–Kier alpha value is -2.37. The van der Waals surface area contributed by atoms with Crippen LogP contribution < -0.4 is 10.1 Å². The number of nitrogens with one attached hydrogen (secondary N) is 1. The zero-order valence-corrected chi connectivity index (χ0v) is 11.9. The van der Waals surface area contributed by atoms with Crippen molar-refractivity contribution in [1.82, 2.24) is 15.5 Å². The van der Waals surface area contributed by atoms with E-state index in [1.165, 1.54) is 0 Å². The molecular formula is C14H17N3O3. The fourth-order valence-corrected chi connectivity index (χ4v) is 1.80. The van der Waals surface area contributed by atoms with Gasteiger partial charge in [0, 0.05) is 12.5 Å². The van der Waals surface area contributed by atoms with Gasteiger partial charge in [0.2, 0.25) is 5.89 Å². The molecule has 0 aliphatic heterocycles. The Bertz CT molecular complexity index is 622. The van der Waals surface area contributed by atoms with E-state index in [1.54, 1.807) is 33.1 Å². The minimum atomic E-state index is -0.327. The highest BCUT2D eigenvalue weighted by Crippen LogP contribution is 2.19. The molecular weight excluding hydrogens is 258 g/mol. The average Bonchev–Trinajstić information content (AvgIpc) is 2.86. The Balaban J connectivity index is 2.12. The van der Waals surface area contributed by atoms with Crippen molar-refractivity contribution >= 4 is 5.91 Å². The lowest BCUT2D eigenvalue weighted by Crippen LogP contribution is -2.27. The van der Waals surface area contributed by atoms with Crippen LogP contribution in [0, 0.1) is 13.8 Å². The smallest absolute Gasteiger partial charge is 0.251 e. The first kappa shape index (κ1) is 14.0. The molecule has 0 radical (unpaired) electrons. The molecule has 0 bridgehead atoms. The number of ether oxygens (including phenoxy) is 1. The fourth-order valence-electron chi connectivity index (χ4n) is 1.80. The molecule has 1 aromatic carbocycles. The highest BCUT2D eigenvalue weighted by Gasteiger charge is 2.16. The van der Waals surface area contributed by atoms with E-state index in [4.69, 9.17) is 9.26 Å². The number of carbonyl (C=O) groups is 1. The van der Waals surface area contributed by atoms with E-state index in [0.29, 0.717) is 23.0 Å². The highest BCUT2D eigenvalue weighted by atomic mass is 16.5. The lowest BCUT2D eigenvalue weighted by molar-refractivity contribution is 0.0937. The number of aryl methyl sites for hydroxylation is 2. The Labute approximate surface area is 117 Å².